The number of imide groups is 1. The van der Waals surface area contributed by atoms with Gasteiger partial charge in [-0.05, 0) is 75.0 Å². The minimum Gasteiger partial charge on any atom is -0.350 e. The maximum Gasteiger partial charge on any atom is 0.281 e. The molecule has 3 heterocycles. The van der Waals surface area contributed by atoms with Crippen LogP contribution in [0.5, 0.6) is 0 Å². The molecule has 1 aromatic heterocycles. The van der Waals surface area contributed by atoms with Gasteiger partial charge in [0, 0.05) is 10.9 Å². The fourth-order valence-corrected chi connectivity index (χ4v) is 5.02. The second-order valence-corrected chi connectivity index (χ2v) is 8.35. The summed E-state index contributed by atoms with van der Waals surface area (Å²) in [6, 6.07) is 11.9. The van der Waals surface area contributed by atoms with Gasteiger partial charge in [-0.2, -0.15) is 0 Å². The minimum absolute atomic E-state index is 0.0869. The summed E-state index contributed by atoms with van der Waals surface area (Å²) in [6.45, 7) is 7.64. The first kappa shape index (κ1) is 18.1. The van der Waals surface area contributed by atoms with Crippen molar-refractivity contribution in [1.82, 2.24) is 10.3 Å². The van der Waals surface area contributed by atoms with Crippen LogP contribution in [0.3, 0.4) is 0 Å². The Kier molecular flexibility index (Phi) is 3.93. The molecule has 1 saturated heterocycles. The van der Waals surface area contributed by atoms with E-state index in [1.807, 2.05) is 37.3 Å². The normalized spacial score (nSPS) is 17.9. The maximum absolute atomic E-state index is 13.7. The Morgan fingerprint density at radius 3 is 2.48 bits per heavy atom. The molecule has 0 radical (unpaired) electrons. The van der Waals surface area contributed by atoms with Crippen LogP contribution in [0, 0.1) is 20.8 Å². The van der Waals surface area contributed by atoms with E-state index >= 15 is 0 Å². The number of rotatable bonds is 1. The molecule has 0 atom stereocenters. The lowest BCUT2D eigenvalue weighted by Crippen LogP contribution is -2.48. The third-order valence-electron chi connectivity index (χ3n) is 6.91. The van der Waals surface area contributed by atoms with Crippen LogP contribution >= 0.6 is 0 Å². The molecule has 2 N–H and O–H groups in total. The summed E-state index contributed by atoms with van der Waals surface area (Å²) >= 11 is 0. The molecule has 0 bridgehead atoms. The van der Waals surface area contributed by atoms with Gasteiger partial charge in [0.2, 0.25) is 5.91 Å². The molecular weight excluding hydrogens is 362 g/mol. The minimum atomic E-state index is -0.593. The second kappa shape index (κ2) is 6.29. The van der Waals surface area contributed by atoms with Crippen molar-refractivity contribution in [2.45, 2.75) is 39.0 Å². The number of fused-ring (bicyclic) bond motifs is 3. The number of para-hydroxylation sites is 1. The zero-order valence-corrected chi connectivity index (χ0v) is 17.1. The van der Waals surface area contributed by atoms with Crippen LogP contribution in [-0.2, 0) is 10.2 Å². The fraction of sp³-hybridized carbons (Fsp3) is 0.333. The van der Waals surface area contributed by atoms with Crippen molar-refractivity contribution in [2.75, 3.05) is 18.0 Å². The number of aromatic amines is 1. The Labute approximate surface area is 170 Å². The number of nitrogens with zero attached hydrogens (tertiary/aromatic N) is 1. The summed E-state index contributed by atoms with van der Waals surface area (Å²) in [7, 11) is 0. The first-order chi connectivity index (χ1) is 14.0. The standard InChI is InChI=1S/C24H25N3O2/c1-14-8-9-17-16(3)21(26-20(17)15(14)2)22(28)27-19-7-5-4-6-18(19)24(23(27)29)10-12-25-13-11-24/h4-9,25-26H,10-13H2,1-3H3. The number of carbonyl (C=O) groups excluding carboxylic acids is 2. The van der Waals surface area contributed by atoms with Crippen LogP contribution in [0.2, 0.25) is 0 Å². The van der Waals surface area contributed by atoms with E-state index in [-0.39, 0.29) is 11.8 Å². The largest absolute Gasteiger partial charge is 0.350 e. The van der Waals surface area contributed by atoms with Gasteiger partial charge in [-0.1, -0.05) is 30.3 Å². The maximum atomic E-state index is 13.7. The Bertz CT molecular complexity index is 1170. The average molecular weight is 387 g/mol. The van der Waals surface area contributed by atoms with E-state index in [4.69, 9.17) is 0 Å². The molecule has 0 aliphatic carbocycles. The fourth-order valence-electron chi connectivity index (χ4n) is 5.02. The number of piperidine rings is 1. The van der Waals surface area contributed by atoms with Crippen LogP contribution in [0.25, 0.3) is 10.9 Å². The van der Waals surface area contributed by atoms with Crippen LogP contribution in [0.4, 0.5) is 5.69 Å². The van der Waals surface area contributed by atoms with Gasteiger partial charge in [-0.25, -0.2) is 4.90 Å². The molecule has 1 fully saturated rings. The van der Waals surface area contributed by atoms with Gasteiger partial charge in [0.15, 0.2) is 0 Å². The van der Waals surface area contributed by atoms with Gasteiger partial charge >= 0.3 is 0 Å². The van der Waals surface area contributed by atoms with Gasteiger partial charge in [0.1, 0.15) is 5.69 Å². The van der Waals surface area contributed by atoms with Crippen molar-refractivity contribution in [3.63, 3.8) is 0 Å². The summed E-state index contributed by atoms with van der Waals surface area (Å²) in [5, 5.41) is 4.37. The van der Waals surface area contributed by atoms with E-state index < -0.39 is 5.41 Å². The molecule has 1 spiro atoms. The Hall–Kier alpha value is -2.92. The Morgan fingerprint density at radius 1 is 1.00 bits per heavy atom. The van der Waals surface area contributed by atoms with Gasteiger partial charge in [0.25, 0.3) is 5.91 Å². The third-order valence-corrected chi connectivity index (χ3v) is 6.91. The van der Waals surface area contributed by atoms with Gasteiger partial charge in [0.05, 0.1) is 11.1 Å². The first-order valence-corrected chi connectivity index (χ1v) is 10.2. The molecule has 148 valence electrons. The number of nitrogens with one attached hydrogen (secondary N) is 2. The number of aryl methyl sites for hydroxylation is 3. The molecule has 0 unspecified atom stereocenters. The first-order valence-electron chi connectivity index (χ1n) is 10.2. The predicted molar refractivity (Wildman–Crippen MR) is 115 cm³/mol. The molecule has 0 saturated carbocycles. The Morgan fingerprint density at radius 2 is 1.72 bits per heavy atom. The molecular formula is C24H25N3O2. The van der Waals surface area contributed by atoms with Crippen molar-refractivity contribution in [3.8, 4) is 0 Å². The number of H-pyrrole nitrogens is 1. The van der Waals surface area contributed by atoms with Crippen molar-refractivity contribution in [3.05, 3.63) is 64.3 Å². The smallest absolute Gasteiger partial charge is 0.281 e. The summed E-state index contributed by atoms with van der Waals surface area (Å²) in [5.74, 6) is -0.347. The molecule has 3 aromatic rings. The number of hydrogen-bond donors (Lipinski definition) is 2. The van der Waals surface area contributed by atoms with E-state index in [0.717, 1.165) is 59.2 Å². The number of carbonyl (C=O) groups is 2. The SMILES string of the molecule is Cc1ccc2c(C)c(C(=O)N3C(=O)C4(CCNCC4)c4ccccc43)[nH]c2c1C. The van der Waals surface area contributed by atoms with Gasteiger partial charge < -0.3 is 10.3 Å². The van der Waals surface area contributed by atoms with Crippen molar-refractivity contribution in [1.29, 1.82) is 0 Å². The highest BCUT2D eigenvalue weighted by atomic mass is 16.2. The molecule has 5 nitrogen and oxygen atoms in total. The van der Waals surface area contributed by atoms with Crippen LogP contribution < -0.4 is 10.2 Å². The van der Waals surface area contributed by atoms with E-state index in [9.17, 15) is 9.59 Å². The predicted octanol–water partition coefficient (Wildman–Crippen LogP) is 3.90. The van der Waals surface area contributed by atoms with Crippen molar-refractivity contribution >= 4 is 28.4 Å². The van der Waals surface area contributed by atoms with Crippen LogP contribution in [0.15, 0.2) is 36.4 Å². The van der Waals surface area contributed by atoms with Gasteiger partial charge in [-0.3, -0.25) is 9.59 Å². The second-order valence-electron chi connectivity index (χ2n) is 8.35. The zero-order valence-electron chi connectivity index (χ0n) is 17.1. The Balaban J connectivity index is 1.66. The summed E-state index contributed by atoms with van der Waals surface area (Å²) in [4.78, 5) is 32.1. The molecule has 2 aromatic carbocycles. The highest BCUT2D eigenvalue weighted by Crippen LogP contribution is 2.47. The molecule has 5 heteroatoms. The van der Waals surface area contributed by atoms with E-state index in [0.29, 0.717) is 5.69 Å². The number of aromatic nitrogens is 1. The van der Waals surface area contributed by atoms with Crippen LogP contribution in [0.1, 0.15) is 45.6 Å². The molecule has 5 rings (SSSR count). The molecule has 2 amide bonds. The van der Waals surface area contributed by atoms with Gasteiger partial charge in [-0.15, -0.1) is 0 Å². The third kappa shape index (κ3) is 2.37. The average Bonchev–Trinajstić information content (AvgIpc) is 3.19. The highest BCUT2D eigenvalue weighted by Gasteiger charge is 2.53. The van der Waals surface area contributed by atoms with E-state index in [1.54, 1.807) is 0 Å². The quantitative estimate of drug-likeness (QED) is 0.623. The summed E-state index contributed by atoms with van der Waals surface area (Å²) in [6.07, 6.45) is 1.44. The lowest BCUT2D eigenvalue weighted by molar-refractivity contribution is -0.123. The lowest BCUT2D eigenvalue weighted by Gasteiger charge is -2.32. The lowest BCUT2D eigenvalue weighted by atomic mass is 9.74. The highest BCUT2D eigenvalue weighted by molar-refractivity contribution is 6.27. The molecule has 2 aliphatic rings. The van der Waals surface area contributed by atoms with Crippen LogP contribution in [-0.4, -0.2) is 29.9 Å². The zero-order chi connectivity index (χ0) is 20.3. The monoisotopic (exact) mass is 387 g/mol. The number of hydrogen-bond acceptors (Lipinski definition) is 3. The summed E-state index contributed by atoms with van der Waals surface area (Å²) < 4.78 is 0. The number of amides is 2. The van der Waals surface area contributed by atoms with Crippen molar-refractivity contribution < 1.29 is 9.59 Å². The summed E-state index contributed by atoms with van der Waals surface area (Å²) in [5.41, 5.74) is 5.80. The van der Waals surface area contributed by atoms with Crippen molar-refractivity contribution in [2.24, 2.45) is 0 Å². The molecule has 2 aliphatic heterocycles. The number of benzene rings is 2. The topological polar surface area (TPSA) is 65.2 Å². The van der Waals surface area contributed by atoms with E-state index in [2.05, 4.69) is 30.2 Å². The number of anilines is 1. The molecule has 29 heavy (non-hydrogen) atoms. The van der Waals surface area contributed by atoms with E-state index in [1.165, 1.54) is 10.5 Å².